The third-order valence-electron chi connectivity index (χ3n) is 3.64. The van der Waals surface area contributed by atoms with E-state index in [1.807, 2.05) is 4.57 Å². The van der Waals surface area contributed by atoms with Crippen molar-refractivity contribution in [1.82, 2.24) is 19.5 Å². The van der Waals surface area contributed by atoms with Gasteiger partial charge < -0.3 is 19.8 Å². The summed E-state index contributed by atoms with van der Waals surface area (Å²) in [4.78, 5) is 11.3. The van der Waals surface area contributed by atoms with E-state index in [1.54, 1.807) is 12.7 Å². The van der Waals surface area contributed by atoms with Crippen LogP contribution in [0.15, 0.2) is 12.7 Å². The van der Waals surface area contributed by atoms with Crippen molar-refractivity contribution in [2.24, 2.45) is 5.92 Å². The molecule has 1 aliphatic carbocycles. The zero-order chi connectivity index (χ0) is 12.7. The summed E-state index contributed by atoms with van der Waals surface area (Å²) < 4.78 is 2.45. The zero-order valence-electron chi connectivity index (χ0n) is 9.65. The van der Waals surface area contributed by atoms with Gasteiger partial charge in [0.05, 0.1) is 18.8 Å². The first-order chi connectivity index (χ1) is 8.70. The van der Waals surface area contributed by atoms with E-state index in [2.05, 4.69) is 15.0 Å². The van der Waals surface area contributed by atoms with Gasteiger partial charge in [-0.15, -0.1) is 0 Å². The molecule has 18 heavy (non-hydrogen) atoms. The van der Waals surface area contributed by atoms with E-state index in [0.29, 0.717) is 16.6 Å². The van der Waals surface area contributed by atoms with Crippen LogP contribution in [0.25, 0.3) is 11.2 Å². The first-order valence-corrected chi connectivity index (χ1v) is 6.30. The molecule has 3 unspecified atom stereocenters. The molecule has 0 bridgehead atoms. The summed E-state index contributed by atoms with van der Waals surface area (Å²) in [6.45, 7) is 0.0157. The first-order valence-electron chi connectivity index (χ1n) is 5.90. The van der Waals surface area contributed by atoms with E-state index in [-0.39, 0.29) is 18.6 Å². The van der Waals surface area contributed by atoms with Crippen molar-refractivity contribution in [3.05, 3.63) is 17.3 Å². The molecule has 0 aliphatic heterocycles. The molecule has 0 aromatic carbocycles. The normalized spacial score (nSPS) is 28.0. The van der Waals surface area contributed by atoms with Gasteiger partial charge in [0.2, 0.25) is 0 Å². The fraction of sp³-hybridized carbons (Fsp3) is 0.545. The predicted molar refractivity (Wildman–Crippen MR) is 67.6 cm³/mol. The van der Waals surface area contributed by atoms with Crippen LogP contribution in [-0.2, 0) is 0 Å². The van der Waals surface area contributed by atoms with E-state index in [1.165, 1.54) is 0 Å². The Morgan fingerprint density at radius 2 is 2.28 bits per heavy atom. The SMILES string of the molecule is OCC1CC(n2cnc3c(=S)nc[nH]c32)CC1O. The second-order valence-corrected chi connectivity index (χ2v) is 5.08. The van der Waals surface area contributed by atoms with Gasteiger partial charge in [-0.3, -0.25) is 0 Å². The number of imidazole rings is 1. The number of aromatic amines is 1. The number of aromatic nitrogens is 4. The van der Waals surface area contributed by atoms with Crippen LogP contribution in [0.2, 0.25) is 0 Å². The molecule has 0 amide bonds. The molecule has 3 N–H and O–H groups in total. The molecule has 0 saturated heterocycles. The number of hydrogen-bond donors (Lipinski definition) is 3. The Kier molecular flexibility index (Phi) is 2.89. The molecule has 7 heteroatoms. The average Bonchev–Trinajstić information content (AvgIpc) is 2.93. The van der Waals surface area contributed by atoms with E-state index in [0.717, 1.165) is 12.1 Å². The summed E-state index contributed by atoms with van der Waals surface area (Å²) >= 11 is 5.11. The molecule has 1 saturated carbocycles. The fourth-order valence-corrected chi connectivity index (χ4v) is 2.85. The lowest BCUT2D eigenvalue weighted by Gasteiger charge is -2.12. The van der Waals surface area contributed by atoms with Crippen LogP contribution in [0.4, 0.5) is 0 Å². The summed E-state index contributed by atoms with van der Waals surface area (Å²) in [5.74, 6) is -0.0581. The lowest BCUT2D eigenvalue weighted by Crippen LogP contribution is -2.16. The molecule has 1 aliphatic rings. The standard InChI is InChI=1S/C11H14N4O2S/c16-3-6-1-7(2-8(6)17)15-5-14-9-10(15)12-4-13-11(9)18/h4-8,16-17H,1-3H2,(H,12,13,18). The molecular formula is C11H14N4O2S. The van der Waals surface area contributed by atoms with Gasteiger partial charge in [0.1, 0.15) is 11.2 Å². The Balaban J connectivity index is 2.01. The third kappa shape index (κ3) is 1.75. The second kappa shape index (κ2) is 4.42. The van der Waals surface area contributed by atoms with Crippen molar-refractivity contribution in [3.8, 4) is 0 Å². The minimum Gasteiger partial charge on any atom is -0.396 e. The fourth-order valence-electron chi connectivity index (χ4n) is 2.65. The summed E-state index contributed by atoms with van der Waals surface area (Å²) in [6, 6.07) is 0.134. The quantitative estimate of drug-likeness (QED) is 0.700. The summed E-state index contributed by atoms with van der Waals surface area (Å²) in [6.07, 6.45) is 4.18. The third-order valence-corrected chi connectivity index (χ3v) is 3.94. The number of hydrogen-bond acceptors (Lipinski definition) is 5. The van der Waals surface area contributed by atoms with Gasteiger partial charge in [-0.05, 0) is 12.8 Å². The van der Waals surface area contributed by atoms with E-state index < -0.39 is 6.10 Å². The van der Waals surface area contributed by atoms with Crippen LogP contribution in [0, 0.1) is 10.6 Å². The van der Waals surface area contributed by atoms with Crippen molar-refractivity contribution in [2.75, 3.05) is 6.61 Å². The predicted octanol–water partition coefficient (Wildman–Crippen LogP) is 0.793. The maximum atomic E-state index is 9.85. The monoisotopic (exact) mass is 266 g/mol. The highest BCUT2D eigenvalue weighted by Gasteiger charge is 2.34. The van der Waals surface area contributed by atoms with Gasteiger partial charge in [-0.25, -0.2) is 9.97 Å². The number of rotatable bonds is 2. The maximum absolute atomic E-state index is 9.85. The van der Waals surface area contributed by atoms with E-state index >= 15 is 0 Å². The average molecular weight is 266 g/mol. The van der Waals surface area contributed by atoms with Crippen LogP contribution in [-0.4, -0.2) is 42.4 Å². The van der Waals surface area contributed by atoms with Gasteiger partial charge in [-0.2, -0.15) is 0 Å². The second-order valence-electron chi connectivity index (χ2n) is 4.69. The largest absolute Gasteiger partial charge is 0.396 e. The maximum Gasteiger partial charge on any atom is 0.157 e. The number of aliphatic hydroxyl groups excluding tert-OH is 2. The molecule has 2 aromatic heterocycles. The van der Waals surface area contributed by atoms with Gasteiger partial charge >= 0.3 is 0 Å². The van der Waals surface area contributed by atoms with Crippen molar-refractivity contribution in [1.29, 1.82) is 0 Å². The molecule has 2 heterocycles. The molecule has 96 valence electrons. The van der Waals surface area contributed by atoms with Crippen LogP contribution >= 0.6 is 12.2 Å². The Labute approximate surface area is 108 Å². The molecular weight excluding hydrogens is 252 g/mol. The summed E-state index contributed by atoms with van der Waals surface area (Å²) in [5.41, 5.74) is 1.50. The topological polar surface area (TPSA) is 87.0 Å². The zero-order valence-corrected chi connectivity index (χ0v) is 10.5. The number of aliphatic hydroxyl groups is 2. The summed E-state index contributed by atoms with van der Waals surface area (Å²) in [7, 11) is 0. The van der Waals surface area contributed by atoms with Gasteiger partial charge in [0.25, 0.3) is 0 Å². The van der Waals surface area contributed by atoms with Gasteiger partial charge in [0, 0.05) is 18.6 Å². The number of nitrogens with one attached hydrogen (secondary N) is 1. The summed E-state index contributed by atoms with van der Waals surface area (Å²) in [5, 5.41) is 19.0. The van der Waals surface area contributed by atoms with Crippen molar-refractivity contribution < 1.29 is 10.2 Å². The first kappa shape index (κ1) is 11.8. The minimum atomic E-state index is -0.456. The van der Waals surface area contributed by atoms with Crippen LogP contribution in [0.1, 0.15) is 18.9 Å². The van der Waals surface area contributed by atoms with Crippen LogP contribution < -0.4 is 0 Å². The lowest BCUT2D eigenvalue weighted by molar-refractivity contribution is 0.0906. The Hall–Kier alpha value is -1.31. The number of nitrogens with zero attached hydrogens (tertiary/aromatic N) is 3. The van der Waals surface area contributed by atoms with Gasteiger partial charge in [-0.1, -0.05) is 12.2 Å². The smallest absolute Gasteiger partial charge is 0.157 e. The molecule has 1 fully saturated rings. The highest BCUT2D eigenvalue weighted by Crippen LogP contribution is 2.35. The van der Waals surface area contributed by atoms with Crippen molar-refractivity contribution in [2.45, 2.75) is 25.0 Å². The number of H-pyrrole nitrogens is 1. The highest BCUT2D eigenvalue weighted by molar-refractivity contribution is 7.71. The Morgan fingerprint density at radius 3 is 3.00 bits per heavy atom. The van der Waals surface area contributed by atoms with Gasteiger partial charge in [0.15, 0.2) is 4.64 Å². The van der Waals surface area contributed by atoms with E-state index in [9.17, 15) is 10.2 Å². The van der Waals surface area contributed by atoms with Crippen molar-refractivity contribution in [3.63, 3.8) is 0 Å². The molecule has 0 spiro atoms. The minimum absolute atomic E-state index is 0.0157. The molecule has 0 radical (unpaired) electrons. The Bertz CT molecular complexity index is 623. The Morgan fingerprint density at radius 1 is 1.44 bits per heavy atom. The molecule has 2 aromatic rings. The molecule has 6 nitrogen and oxygen atoms in total. The van der Waals surface area contributed by atoms with E-state index in [4.69, 9.17) is 12.2 Å². The van der Waals surface area contributed by atoms with Crippen LogP contribution in [0.5, 0.6) is 0 Å². The van der Waals surface area contributed by atoms with Crippen LogP contribution in [0.3, 0.4) is 0 Å². The number of fused-ring (bicyclic) bond motifs is 1. The molecule has 3 atom stereocenters. The highest BCUT2D eigenvalue weighted by atomic mass is 32.1. The lowest BCUT2D eigenvalue weighted by atomic mass is 10.1. The molecule has 3 rings (SSSR count). The van der Waals surface area contributed by atoms with Crippen molar-refractivity contribution >= 4 is 23.4 Å².